The number of amides is 1. The summed E-state index contributed by atoms with van der Waals surface area (Å²) in [6.45, 7) is 5.16. The van der Waals surface area contributed by atoms with Gasteiger partial charge in [0, 0.05) is 24.3 Å². The number of carbonyl (C=O) groups is 1. The fourth-order valence-electron chi connectivity index (χ4n) is 3.60. The predicted molar refractivity (Wildman–Crippen MR) is 113 cm³/mol. The summed E-state index contributed by atoms with van der Waals surface area (Å²) in [6.07, 6.45) is 1.84. The van der Waals surface area contributed by atoms with Gasteiger partial charge in [-0.25, -0.2) is 4.98 Å². The summed E-state index contributed by atoms with van der Waals surface area (Å²) in [5.41, 5.74) is 3.46. The first-order valence-electron chi connectivity index (χ1n) is 9.48. The molecular formula is C21H21N3O4S. The number of rotatable bonds is 5. The number of aryl methyl sites for hydroxylation is 2. The Morgan fingerprint density at radius 2 is 2.07 bits per heavy atom. The van der Waals surface area contributed by atoms with Crippen molar-refractivity contribution in [1.29, 1.82) is 0 Å². The van der Waals surface area contributed by atoms with Gasteiger partial charge in [0.15, 0.2) is 5.13 Å². The molecule has 4 rings (SSSR count). The smallest absolute Gasteiger partial charge is 0.269 e. The standard InChI is InChI=1S/C21H21N3O4S/c1-13-10-14(2)19-18(11-13)29-21(22-19)23(12-17-4-3-9-28-17)20(25)15-5-7-16(8-6-15)24(26)27/h5-8,10-11,17H,3-4,9,12H2,1-2H3. The molecule has 1 aliphatic rings. The lowest BCUT2D eigenvalue weighted by Gasteiger charge is -2.23. The monoisotopic (exact) mass is 411 g/mol. The highest BCUT2D eigenvalue weighted by molar-refractivity contribution is 7.22. The van der Waals surface area contributed by atoms with Gasteiger partial charge in [-0.3, -0.25) is 19.8 Å². The third-order valence-electron chi connectivity index (χ3n) is 5.03. The molecule has 2 aromatic carbocycles. The van der Waals surface area contributed by atoms with E-state index in [2.05, 4.69) is 12.1 Å². The van der Waals surface area contributed by atoms with Crippen LogP contribution in [0.2, 0.25) is 0 Å². The lowest BCUT2D eigenvalue weighted by molar-refractivity contribution is -0.384. The van der Waals surface area contributed by atoms with Crippen molar-refractivity contribution in [3.05, 3.63) is 63.2 Å². The molecule has 150 valence electrons. The Kier molecular flexibility index (Phi) is 5.29. The predicted octanol–water partition coefficient (Wildman–Crippen LogP) is 4.65. The van der Waals surface area contributed by atoms with Crippen molar-refractivity contribution < 1.29 is 14.5 Å². The number of aromatic nitrogens is 1. The van der Waals surface area contributed by atoms with E-state index >= 15 is 0 Å². The zero-order chi connectivity index (χ0) is 20.5. The second-order valence-electron chi connectivity index (χ2n) is 7.28. The van der Waals surface area contributed by atoms with Crippen molar-refractivity contribution in [1.82, 2.24) is 4.98 Å². The van der Waals surface area contributed by atoms with Crippen molar-refractivity contribution in [2.45, 2.75) is 32.8 Å². The Morgan fingerprint density at radius 3 is 2.72 bits per heavy atom. The molecule has 1 atom stereocenters. The molecule has 1 amide bonds. The number of thiazole rings is 1. The number of ether oxygens (including phenoxy) is 1. The lowest BCUT2D eigenvalue weighted by atomic mass is 10.1. The average Bonchev–Trinajstić information content (AvgIpc) is 3.35. The van der Waals surface area contributed by atoms with Crippen molar-refractivity contribution >= 4 is 38.3 Å². The van der Waals surface area contributed by atoms with Crippen LogP contribution >= 0.6 is 11.3 Å². The molecule has 0 N–H and O–H groups in total. The van der Waals surface area contributed by atoms with E-state index in [0.29, 0.717) is 23.8 Å². The second kappa shape index (κ2) is 7.88. The SMILES string of the molecule is Cc1cc(C)c2nc(N(CC3CCCO3)C(=O)c3ccc([N+](=O)[O-])cc3)sc2c1. The van der Waals surface area contributed by atoms with Gasteiger partial charge < -0.3 is 4.74 Å². The molecule has 2 heterocycles. The van der Waals surface area contributed by atoms with Gasteiger partial charge in [-0.2, -0.15) is 0 Å². The maximum atomic E-state index is 13.3. The van der Waals surface area contributed by atoms with E-state index < -0.39 is 4.92 Å². The highest BCUT2D eigenvalue weighted by Gasteiger charge is 2.27. The quantitative estimate of drug-likeness (QED) is 0.451. The number of anilines is 1. The summed E-state index contributed by atoms with van der Waals surface area (Å²) in [7, 11) is 0. The van der Waals surface area contributed by atoms with Gasteiger partial charge in [0.05, 0.1) is 27.8 Å². The molecule has 1 saturated heterocycles. The van der Waals surface area contributed by atoms with Crippen molar-refractivity contribution in [2.75, 3.05) is 18.1 Å². The van der Waals surface area contributed by atoms with Gasteiger partial charge in [0.25, 0.3) is 11.6 Å². The number of nitro benzene ring substituents is 1. The van der Waals surface area contributed by atoms with E-state index in [1.165, 1.54) is 35.6 Å². The van der Waals surface area contributed by atoms with E-state index in [9.17, 15) is 14.9 Å². The van der Waals surface area contributed by atoms with Crippen LogP contribution in [-0.4, -0.2) is 35.1 Å². The van der Waals surface area contributed by atoms with Crippen LogP contribution in [0.4, 0.5) is 10.8 Å². The lowest BCUT2D eigenvalue weighted by Crippen LogP contribution is -2.37. The highest BCUT2D eigenvalue weighted by atomic mass is 32.1. The molecule has 3 aromatic rings. The average molecular weight is 411 g/mol. The van der Waals surface area contributed by atoms with Crippen molar-refractivity contribution in [2.24, 2.45) is 0 Å². The molecule has 29 heavy (non-hydrogen) atoms. The third-order valence-corrected chi connectivity index (χ3v) is 6.06. The first kappa shape index (κ1) is 19.5. The largest absolute Gasteiger partial charge is 0.376 e. The maximum absolute atomic E-state index is 13.3. The van der Waals surface area contributed by atoms with Gasteiger partial charge >= 0.3 is 0 Å². The molecular weight excluding hydrogens is 390 g/mol. The number of benzene rings is 2. The number of nitrogens with zero attached hydrogens (tertiary/aromatic N) is 3. The Balaban J connectivity index is 1.72. The van der Waals surface area contributed by atoms with Crippen LogP contribution in [0.5, 0.6) is 0 Å². The Morgan fingerprint density at radius 1 is 1.31 bits per heavy atom. The second-order valence-corrected chi connectivity index (χ2v) is 8.29. The fourth-order valence-corrected chi connectivity index (χ4v) is 4.75. The minimum absolute atomic E-state index is 0.0353. The molecule has 8 heteroatoms. The highest BCUT2D eigenvalue weighted by Crippen LogP contribution is 2.33. The number of hydrogen-bond acceptors (Lipinski definition) is 6. The zero-order valence-corrected chi connectivity index (χ0v) is 17.1. The van der Waals surface area contributed by atoms with E-state index in [1.807, 2.05) is 13.8 Å². The van der Waals surface area contributed by atoms with Crippen molar-refractivity contribution in [3.63, 3.8) is 0 Å². The minimum atomic E-state index is -0.475. The van der Waals surface area contributed by atoms with Gasteiger partial charge in [-0.05, 0) is 56.0 Å². The molecule has 0 aliphatic carbocycles. The fraction of sp³-hybridized carbons (Fsp3) is 0.333. The summed E-state index contributed by atoms with van der Waals surface area (Å²) < 4.78 is 6.79. The van der Waals surface area contributed by atoms with Crippen LogP contribution in [0.1, 0.15) is 34.3 Å². The molecule has 0 saturated carbocycles. The van der Waals surface area contributed by atoms with Gasteiger partial charge in [-0.1, -0.05) is 17.4 Å². The molecule has 1 aliphatic heterocycles. The van der Waals surface area contributed by atoms with Crippen LogP contribution in [0.15, 0.2) is 36.4 Å². The van der Waals surface area contributed by atoms with E-state index in [1.54, 1.807) is 4.90 Å². The molecule has 1 unspecified atom stereocenters. The molecule has 0 bridgehead atoms. The molecule has 1 fully saturated rings. The normalized spacial score (nSPS) is 16.3. The summed E-state index contributed by atoms with van der Waals surface area (Å²) in [6, 6.07) is 9.84. The van der Waals surface area contributed by atoms with Crippen LogP contribution in [0, 0.1) is 24.0 Å². The van der Waals surface area contributed by atoms with E-state index in [0.717, 1.165) is 34.2 Å². The summed E-state index contributed by atoms with van der Waals surface area (Å²) in [5.74, 6) is -0.233. The first-order chi connectivity index (χ1) is 13.9. The molecule has 1 aromatic heterocycles. The van der Waals surface area contributed by atoms with Gasteiger partial charge in [-0.15, -0.1) is 0 Å². The number of hydrogen-bond donors (Lipinski definition) is 0. The topological polar surface area (TPSA) is 85.6 Å². The van der Waals surface area contributed by atoms with Crippen molar-refractivity contribution in [3.8, 4) is 0 Å². The molecule has 0 radical (unpaired) electrons. The number of carbonyl (C=O) groups excluding carboxylic acids is 1. The van der Waals surface area contributed by atoms with Crippen LogP contribution in [0.25, 0.3) is 10.2 Å². The minimum Gasteiger partial charge on any atom is -0.376 e. The number of non-ortho nitro benzene ring substituents is 1. The Bertz CT molecular complexity index is 1070. The molecule has 7 nitrogen and oxygen atoms in total. The Labute approximate surface area is 172 Å². The first-order valence-corrected chi connectivity index (χ1v) is 10.3. The van der Waals surface area contributed by atoms with Crippen LogP contribution in [0.3, 0.4) is 0 Å². The number of fused-ring (bicyclic) bond motifs is 1. The maximum Gasteiger partial charge on any atom is 0.269 e. The van der Waals surface area contributed by atoms with E-state index in [4.69, 9.17) is 9.72 Å². The zero-order valence-electron chi connectivity index (χ0n) is 16.3. The van der Waals surface area contributed by atoms with E-state index in [-0.39, 0.29) is 17.7 Å². The number of nitro groups is 1. The Hall–Kier alpha value is -2.84. The summed E-state index contributed by atoms with van der Waals surface area (Å²) >= 11 is 1.48. The summed E-state index contributed by atoms with van der Waals surface area (Å²) in [4.78, 5) is 30.1. The van der Waals surface area contributed by atoms with Gasteiger partial charge in [0.1, 0.15) is 0 Å². The van der Waals surface area contributed by atoms with Gasteiger partial charge in [0.2, 0.25) is 0 Å². The third kappa shape index (κ3) is 3.99. The van der Waals surface area contributed by atoms with Crippen LogP contribution in [-0.2, 0) is 4.74 Å². The summed E-state index contributed by atoms with van der Waals surface area (Å²) in [5, 5.41) is 11.5. The molecule has 0 spiro atoms. The van der Waals surface area contributed by atoms with Crippen LogP contribution < -0.4 is 4.90 Å².